The quantitative estimate of drug-likeness (QED) is 0.628. The van der Waals surface area contributed by atoms with Crippen LogP contribution in [-0.2, 0) is 9.47 Å². The molecule has 0 aromatic rings. The van der Waals surface area contributed by atoms with Crippen molar-refractivity contribution in [1.82, 2.24) is 4.90 Å². The highest BCUT2D eigenvalue weighted by Gasteiger charge is 2.39. The number of hydrogen-bond acceptors (Lipinski definition) is 4. The summed E-state index contributed by atoms with van der Waals surface area (Å²) >= 11 is 10.2. The minimum atomic E-state index is 0.0488. The summed E-state index contributed by atoms with van der Waals surface area (Å²) in [5, 5.41) is 0.253. The molecule has 0 N–H and O–H groups in total. The van der Waals surface area contributed by atoms with Gasteiger partial charge in [0.15, 0.2) is 11.6 Å². The van der Waals surface area contributed by atoms with Crippen molar-refractivity contribution in [2.45, 2.75) is 26.0 Å². The third-order valence-electron chi connectivity index (χ3n) is 3.34. The van der Waals surface area contributed by atoms with E-state index in [0.29, 0.717) is 19.0 Å². The molecule has 0 saturated carbocycles. The summed E-state index contributed by atoms with van der Waals surface area (Å²) in [5.41, 5.74) is 1.04. The smallest absolute Gasteiger partial charge is 0.173 e. The first kappa shape index (κ1) is 14.8. The Morgan fingerprint density at radius 1 is 1.63 bits per heavy atom. The zero-order chi connectivity index (χ0) is 14.0. The van der Waals surface area contributed by atoms with Crippen molar-refractivity contribution in [3.05, 3.63) is 23.1 Å². The van der Waals surface area contributed by atoms with Crippen molar-refractivity contribution in [1.29, 1.82) is 0 Å². The average molecular weight is 303 g/mol. The number of halogens is 1. The van der Waals surface area contributed by atoms with E-state index in [0.717, 1.165) is 23.7 Å². The maximum Gasteiger partial charge on any atom is 0.173 e. The van der Waals surface area contributed by atoms with Crippen LogP contribution in [0, 0.1) is 0 Å². The summed E-state index contributed by atoms with van der Waals surface area (Å²) in [4.78, 5) is 6.55. The van der Waals surface area contributed by atoms with Crippen LogP contribution < -0.4 is 0 Å². The second-order valence-electron chi connectivity index (χ2n) is 4.74. The van der Waals surface area contributed by atoms with E-state index in [4.69, 9.17) is 21.1 Å². The number of thiol groups is 1. The van der Waals surface area contributed by atoms with E-state index in [1.54, 1.807) is 0 Å². The number of rotatable bonds is 2. The molecule has 106 valence electrons. The summed E-state index contributed by atoms with van der Waals surface area (Å²) in [5.74, 6) is 2.13. The first-order valence-corrected chi connectivity index (χ1v) is 7.30. The number of aliphatic imine (C=N–C) groups is 1. The molecular weight excluding hydrogens is 284 g/mol. The first-order chi connectivity index (χ1) is 9.04. The van der Waals surface area contributed by atoms with Gasteiger partial charge in [0.1, 0.15) is 11.3 Å². The summed E-state index contributed by atoms with van der Waals surface area (Å²) in [6, 6.07) is 0.167. The first-order valence-electron chi connectivity index (χ1n) is 6.29. The van der Waals surface area contributed by atoms with Gasteiger partial charge in [-0.2, -0.15) is 12.6 Å². The Hall–Kier alpha value is -0.650. The number of nitrogens with zero attached hydrogens (tertiary/aromatic N) is 2. The SMILES string of the molecule is C=C(Cl)/N=C1\C(=C(/C)CS)OC(C)C2COCCN12. The lowest BCUT2D eigenvalue weighted by atomic mass is 10.1. The van der Waals surface area contributed by atoms with Crippen LogP contribution in [0.25, 0.3) is 0 Å². The Bertz CT molecular complexity index is 436. The van der Waals surface area contributed by atoms with Gasteiger partial charge in [0.2, 0.25) is 0 Å². The van der Waals surface area contributed by atoms with Crippen LogP contribution in [0.15, 0.2) is 28.1 Å². The second-order valence-corrected chi connectivity index (χ2v) is 5.49. The van der Waals surface area contributed by atoms with Gasteiger partial charge in [-0.3, -0.25) is 0 Å². The van der Waals surface area contributed by atoms with E-state index >= 15 is 0 Å². The van der Waals surface area contributed by atoms with Crippen molar-refractivity contribution >= 4 is 30.1 Å². The molecule has 6 heteroatoms. The Morgan fingerprint density at radius 2 is 2.37 bits per heavy atom. The highest BCUT2D eigenvalue weighted by molar-refractivity contribution is 7.80. The molecule has 0 aromatic heterocycles. The van der Waals surface area contributed by atoms with Gasteiger partial charge in [0.05, 0.1) is 19.3 Å². The van der Waals surface area contributed by atoms with Gasteiger partial charge in [-0.1, -0.05) is 18.2 Å². The minimum Gasteiger partial charge on any atom is -0.485 e. The molecule has 2 unspecified atom stereocenters. The largest absolute Gasteiger partial charge is 0.485 e. The number of fused-ring (bicyclic) bond motifs is 1. The van der Waals surface area contributed by atoms with Crippen LogP contribution in [-0.4, -0.2) is 48.4 Å². The zero-order valence-electron chi connectivity index (χ0n) is 11.2. The van der Waals surface area contributed by atoms with Crippen molar-refractivity contribution in [2.75, 3.05) is 25.5 Å². The van der Waals surface area contributed by atoms with Gasteiger partial charge in [-0.05, 0) is 19.4 Å². The molecule has 2 fully saturated rings. The molecule has 2 aliphatic heterocycles. The molecule has 19 heavy (non-hydrogen) atoms. The predicted octanol–water partition coefficient (Wildman–Crippen LogP) is 2.42. The zero-order valence-corrected chi connectivity index (χ0v) is 12.9. The van der Waals surface area contributed by atoms with E-state index in [9.17, 15) is 0 Å². The van der Waals surface area contributed by atoms with E-state index in [1.165, 1.54) is 0 Å². The molecule has 0 amide bonds. The number of amidine groups is 1. The van der Waals surface area contributed by atoms with Gasteiger partial charge in [0.25, 0.3) is 0 Å². The van der Waals surface area contributed by atoms with E-state index in [-0.39, 0.29) is 17.3 Å². The van der Waals surface area contributed by atoms with Crippen LogP contribution in [0.3, 0.4) is 0 Å². The molecule has 4 nitrogen and oxygen atoms in total. The number of morpholine rings is 2. The lowest BCUT2D eigenvalue weighted by Gasteiger charge is -2.45. The van der Waals surface area contributed by atoms with Crippen LogP contribution in [0.5, 0.6) is 0 Å². The molecule has 0 aliphatic carbocycles. The molecular formula is C13H19ClN2O2S. The maximum atomic E-state index is 6.00. The highest BCUT2D eigenvalue weighted by Crippen LogP contribution is 2.28. The second kappa shape index (κ2) is 6.20. The summed E-state index contributed by atoms with van der Waals surface area (Å²) in [7, 11) is 0. The molecule has 0 radical (unpaired) electrons. The molecule has 2 rings (SSSR count). The van der Waals surface area contributed by atoms with Crippen LogP contribution in [0.1, 0.15) is 13.8 Å². The molecule has 0 bridgehead atoms. The van der Waals surface area contributed by atoms with Gasteiger partial charge < -0.3 is 14.4 Å². The van der Waals surface area contributed by atoms with Crippen molar-refractivity contribution in [2.24, 2.45) is 4.99 Å². The van der Waals surface area contributed by atoms with E-state index < -0.39 is 0 Å². The van der Waals surface area contributed by atoms with Gasteiger partial charge in [0, 0.05) is 12.3 Å². The monoisotopic (exact) mass is 302 g/mol. The van der Waals surface area contributed by atoms with Crippen LogP contribution >= 0.6 is 24.2 Å². The lowest BCUT2D eigenvalue weighted by Crippen LogP contribution is -2.58. The highest BCUT2D eigenvalue weighted by atomic mass is 35.5. The normalized spacial score (nSPS) is 31.8. The van der Waals surface area contributed by atoms with Crippen LogP contribution in [0.4, 0.5) is 0 Å². The molecule has 0 spiro atoms. The number of ether oxygens (including phenoxy) is 2. The van der Waals surface area contributed by atoms with Crippen molar-refractivity contribution in [3.63, 3.8) is 0 Å². The summed E-state index contributed by atoms with van der Waals surface area (Å²) in [6.45, 7) is 9.79. The van der Waals surface area contributed by atoms with E-state index in [2.05, 4.69) is 29.1 Å². The summed E-state index contributed by atoms with van der Waals surface area (Å²) < 4.78 is 11.5. The fourth-order valence-corrected chi connectivity index (χ4v) is 2.54. The Morgan fingerprint density at radius 3 is 3.00 bits per heavy atom. The third-order valence-corrected chi connectivity index (χ3v) is 3.90. The van der Waals surface area contributed by atoms with Gasteiger partial charge >= 0.3 is 0 Å². The Kier molecular flexibility index (Phi) is 4.81. The predicted molar refractivity (Wildman–Crippen MR) is 80.8 cm³/mol. The molecule has 0 aromatic carbocycles. The third kappa shape index (κ3) is 3.09. The minimum absolute atomic E-state index is 0.0488. The average Bonchev–Trinajstić information content (AvgIpc) is 2.40. The molecule has 2 atom stereocenters. The fraction of sp³-hybridized carbons (Fsp3) is 0.615. The summed E-state index contributed by atoms with van der Waals surface area (Å²) in [6.07, 6.45) is 0.0488. The molecule has 2 aliphatic rings. The molecule has 2 heterocycles. The maximum absolute atomic E-state index is 6.00. The molecule has 2 saturated heterocycles. The standard InChI is InChI=1S/C13H19ClN2O2S/c1-8(7-19)12-13(15-10(3)14)16-4-5-17-6-11(16)9(2)18-12/h9,11,19H,3-7H2,1-2H3/b12-8-,15-13+. The fourth-order valence-electron chi connectivity index (χ4n) is 2.32. The Balaban J connectivity index is 2.43. The topological polar surface area (TPSA) is 34.1 Å². The number of hydrogen-bond donors (Lipinski definition) is 1. The Labute approximate surface area is 124 Å². The van der Waals surface area contributed by atoms with Gasteiger partial charge in [-0.15, -0.1) is 0 Å². The van der Waals surface area contributed by atoms with E-state index in [1.807, 2.05) is 13.8 Å². The lowest BCUT2D eigenvalue weighted by molar-refractivity contribution is -0.0490. The van der Waals surface area contributed by atoms with Crippen LogP contribution in [0.2, 0.25) is 0 Å². The van der Waals surface area contributed by atoms with Crippen molar-refractivity contribution in [3.8, 4) is 0 Å². The van der Waals surface area contributed by atoms with Crippen molar-refractivity contribution < 1.29 is 9.47 Å². The van der Waals surface area contributed by atoms with Gasteiger partial charge in [-0.25, -0.2) is 4.99 Å².